The number of benzene rings is 1. The van der Waals surface area contributed by atoms with E-state index in [-0.39, 0.29) is 5.69 Å². The molecule has 0 aliphatic rings. The summed E-state index contributed by atoms with van der Waals surface area (Å²) in [6.45, 7) is 1.48. The van der Waals surface area contributed by atoms with Crippen LogP contribution in [0.15, 0.2) is 47.4 Å². The molecule has 0 radical (unpaired) electrons. The molecule has 2 rings (SSSR count). The average molecular weight is 322 g/mol. The van der Waals surface area contributed by atoms with E-state index in [2.05, 4.69) is 5.32 Å². The Bertz CT molecular complexity index is 770. The third kappa shape index (κ3) is 3.50. The number of hydrogen-bond donors (Lipinski definition) is 1. The molecule has 0 fully saturated rings. The fraction of sp³-hybridized carbons (Fsp3) is 0.143. The van der Waals surface area contributed by atoms with Gasteiger partial charge in [-0.3, -0.25) is 24.3 Å². The van der Waals surface area contributed by atoms with Crippen LogP contribution in [0.2, 0.25) is 5.02 Å². The number of anilines is 1. The maximum absolute atomic E-state index is 12.2. The maximum atomic E-state index is 12.2. The van der Waals surface area contributed by atoms with Gasteiger partial charge in [0.2, 0.25) is 5.91 Å². The Hall–Kier alpha value is -2.67. The Kier molecular flexibility index (Phi) is 4.57. The molecule has 0 spiro atoms. The van der Waals surface area contributed by atoms with E-state index >= 15 is 0 Å². The van der Waals surface area contributed by atoms with Crippen molar-refractivity contribution in [2.24, 2.45) is 0 Å². The summed E-state index contributed by atoms with van der Waals surface area (Å²) in [6, 6.07) is 7.71. The zero-order valence-corrected chi connectivity index (χ0v) is 12.3. The molecule has 2 aromatic rings. The van der Waals surface area contributed by atoms with Crippen LogP contribution in [-0.4, -0.2) is 15.4 Å². The number of aromatic nitrogens is 1. The van der Waals surface area contributed by atoms with E-state index in [9.17, 15) is 19.7 Å². The number of nitrogens with zero attached hydrogens (tertiary/aromatic N) is 2. The highest BCUT2D eigenvalue weighted by Gasteiger charge is 2.18. The fourth-order valence-corrected chi connectivity index (χ4v) is 1.93. The van der Waals surface area contributed by atoms with Crippen LogP contribution in [-0.2, 0) is 4.79 Å². The summed E-state index contributed by atoms with van der Waals surface area (Å²) >= 11 is 5.75. The Balaban J connectivity index is 2.23. The average Bonchev–Trinajstić information content (AvgIpc) is 2.49. The highest BCUT2D eigenvalue weighted by molar-refractivity contribution is 6.30. The topological polar surface area (TPSA) is 94.2 Å². The van der Waals surface area contributed by atoms with Crippen LogP contribution in [0.4, 0.5) is 11.4 Å². The number of nitro groups is 1. The molecule has 1 N–H and O–H groups in total. The van der Waals surface area contributed by atoms with Crippen LogP contribution in [0.3, 0.4) is 0 Å². The number of rotatable bonds is 4. The first-order valence-electron chi connectivity index (χ1n) is 6.31. The van der Waals surface area contributed by atoms with Crippen molar-refractivity contribution >= 4 is 28.9 Å². The third-order valence-corrected chi connectivity index (χ3v) is 3.29. The number of halogens is 1. The minimum atomic E-state index is -0.900. The first kappa shape index (κ1) is 15.7. The zero-order valence-electron chi connectivity index (χ0n) is 11.5. The van der Waals surface area contributed by atoms with Crippen molar-refractivity contribution in [1.29, 1.82) is 0 Å². The molecule has 22 heavy (non-hydrogen) atoms. The molecule has 0 bridgehead atoms. The van der Waals surface area contributed by atoms with Gasteiger partial charge in [-0.15, -0.1) is 0 Å². The van der Waals surface area contributed by atoms with Gasteiger partial charge >= 0.3 is 0 Å². The predicted octanol–water partition coefficient (Wildman–Crippen LogP) is 2.61. The second-order valence-corrected chi connectivity index (χ2v) is 5.00. The van der Waals surface area contributed by atoms with Crippen molar-refractivity contribution in [2.45, 2.75) is 13.0 Å². The van der Waals surface area contributed by atoms with Crippen molar-refractivity contribution in [1.82, 2.24) is 4.57 Å². The molecular formula is C14H12ClN3O4. The number of pyridine rings is 1. The van der Waals surface area contributed by atoms with Crippen LogP contribution in [0, 0.1) is 10.1 Å². The minimum Gasteiger partial charge on any atom is -0.324 e. The predicted molar refractivity (Wildman–Crippen MR) is 82.1 cm³/mol. The van der Waals surface area contributed by atoms with Gasteiger partial charge in [0.05, 0.1) is 11.1 Å². The highest BCUT2D eigenvalue weighted by Crippen LogP contribution is 2.16. The molecule has 7 nitrogen and oxygen atoms in total. The molecule has 114 valence electrons. The summed E-state index contributed by atoms with van der Waals surface area (Å²) < 4.78 is 1.02. The van der Waals surface area contributed by atoms with Crippen LogP contribution < -0.4 is 10.9 Å². The first-order chi connectivity index (χ1) is 10.4. The summed E-state index contributed by atoms with van der Waals surface area (Å²) in [5, 5.41) is 13.9. The molecule has 1 unspecified atom stereocenters. The molecule has 0 aliphatic carbocycles. The zero-order chi connectivity index (χ0) is 16.3. The van der Waals surface area contributed by atoms with Crippen molar-refractivity contribution in [2.75, 3.05) is 5.32 Å². The van der Waals surface area contributed by atoms with Gasteiger partial charge in [0.15, 0.2) is 0 Å². The van der Waals surface area contributed by atoms with Crippen molar-refractivity contribution in [3.8, 4) is 0 Å². The second-order valence-electron chi connectivity index (χ2n) is 4.56. The van der Waals surface area contributed by atoms with Crippen molar-refractivity contribution < 1.29 is 9.72 Å². The summed E-state index contributed by atoms with van der Waals surface area (Å²) in [5.41, 5.74) is -0.241. The van der Waals surface area contributed by atoms with Crippen LogP contribution >= 0.6 is 11.6 Å². The van der Waals surface area contributed by atoms with Gasteiger partial charge in [-0.2, -0.15) is 0 Å². The number of nitrogens with one attached hydrogen (secondary N) is 1. The van der Waals surface area contributed by atoms with E-state index in [0.29, 0.717) is 10.7 Å². The van der Waals surface area contributed by atoms with E-state index in [1.54, 1.807) is 24.3 Å². The summed E-state index contributed by atoms with van der Waals surface area (Å²) in [6.07, 6.45) is 1.05. The van der Waals surface area contributed by atoms with Gasteiger partial charge in [-0.05, 0) is 31.2 Å². The molecule has 1 atom stereocenters. The number of amides is 1. The van der Waals surface area contributed by atoms with Gasteiger partial charge < -0.3 is 5.32 Å². The quantitative estimate of drug-likeness (QED) is 0.691. The molecule has 1 heterocycles. The number of hydrogen-bond acceptors (Lipinski definition) is 4. The standard InChI is InChI=1S/C14H12ClN3O4/c1-9(14(20)16-11-4-2-10(15)3-5-11)17-8-12(18(21)22)6-7-13(17)19/h2-9H,1H3,(H,16,20). The molecule has 1 aromatic carbocycles. The lowest BCUT2D eigenvalue weighted by molar-refractivity contribution is -0.385. The lowest BCUT2D eigenvalue weighted by atomic mass is 10.2. The molecule has 8 heteroatoms. The fourth-order valence-electron chi connectivity index (χ4n) is 1.81. The molecule has 0 aliphatic heterocycles. The number of carbonyl (C=O) groups is 1. The Morgan fingerprint density at radius 1 is 1.27 bits per heavy atom. The maximum Gasteiger partial charge on any atom is 0.285 e. The SMILES string of the molecule is CC(C(=O)Nc1ccc(Cl)cc1)n1cc([N+](=O)[O-])ccc1=O. The van der Waals surface area contributed by atoms with Gasteiger partial charge in [-0.25, -0.2) is 0 Å². The van der Waals surface area contributed by atoms with E-state index in [0.717, 1.165) is 22.9 Å². The molecule has 1 aromatic heterocycles. The van der Waals surface area contributed by atoms with E-state index in [1.165, 1.54) is 6.92 Å². The molecule has 1 amide bonds. The normalized spacial score (nSPS) is 11.7. The van der Waals surface area contributed by atoms with Crippen LogP contribution in [0.5, 0.6) is 0 Å². The van der Waals surface area contributed by atoms with E-state index in [1.807, 2.05) is 0 Å². The Labute approximate surface area is 130 Å². The third-order valence-electron chi connectivity index (χ3n) is 3.04. The minimum absolute atomic E-state index is 0.259. The second kappa shape index (κ2) is 6.40. The lowest BCUT2D eigenvalue weighted by Gasteiger charge is -2.14. The van der Waals surface area contributed by atoms with Gasteiger partial charge in [-0.1, -0.05) is 11.6 Å². The van der Waals surface area contributed by atoms with Crippen LogP contribution in [0.25, 0.3) is 0 Å². The lowest BCUT2D eigenvalue weighted by Crippen LogP contribution is -2.31. The van der Waals surface area contributed by atoms with Gasteiger partial charge in [0.1, 0.15) is 6.04 Å². The summed E-state index contributed by atoms with van der Waals surface area (Å²) in [4.78, 5) is 34.1. The largest absolute Gasteiger partial charge is 0.324 e. The molecular weight excluding hydrogens is 310 g/mol. The molecule has 0 saturated heterocycles. The van der Waals surface area contributed by atoms with E-state index < -0.39 is 22.4 Å². The van der Waals surface area contributed by atoms with Crippen molar-refractivity contribution in [3.05, 3.63) is 68.1 Å². The van der Waals surface area contributed by atoms with Gasteiger partial charge in [0, 0.05) is 22.8 Å². The first-order valence-corrected chi connectivity index (χ1v) is 6.69. The Morgan fingerprint density at radius 3 is 2.50 bits per heavy atom. The van der Waals surface area contributed by atoms with Gasteiger partial charge in [0.25, 0.3) is 11.2 Å². The van der Waals surface area contributed by atoms with E-state index in [4.69, 9.17) is 11.6 Å². The van der Waals surface area contributed by atoms with Crippen LogP contribution in [0.1, 0.15) is 13.0 Å². The smallest absolute Gasteiger partial charge is 0.285 e. The summed E-state index contributed by atoms with van der Waals surface area (Å²) in [7, 11) is 0. The monoisotopic (exact) mass is 321 g/mol. The summed E-state index contributed by atoms with van der Waals surface area (Å²) in [5.74, 6) is -0.468. The Morgan fingerprint density at radius 2 is 1.91 bits per heavy atom. The number of carbonyl (C=O) groups excluding carboxylic acids is 1. The van der Waals surface area contributed by atoms with Crippen molar-refractivity contribution in [3.63, 3.8) is 0 Å². The molecule has 0 saturated carbocycles. The highest BCUT2D eigenvalue weighted by atomic mass is 35.5.